The molecule has 0 bridgehead atoms. The average Bonchev–Trinajstić information content (AvgIpc) is 2.70. The maximum atomic E-state index is 12.6. The summed E-state index contributed by atoms with van der Waals surface area (Å²) in [7, 11) is 1.62. The zero-order valence-corrected chi connectivity index (χ0v) is 15.8. The SMILES string of the molecule is CCCOc1cccc(C(=O)Nc2ccccc2C(=O)NCCCOC)c1. The minimum absolute atomic E-state index is 0.234. The highest BCUT2D eigenvalue weighted by molar-refractivity contribution is 6.09. The van der Waals surface area contributed by atoms with Crippen molar-refractivity contribution in [2.45, 2.75) is 19.8 Å². The fourth-order valence-electron chi connectivity index (χ4n) is 2.45. The number of carbonyl (C=O) groups excluding carboxylic acids is 2. The molecule has 2 N–H and O–H groups in total. The molecule has 0 heterocycles. The molecule has 0 saturated heterocycles. The Morgan fingerprint density at radius 3 is 2.59 bits per heavy atom. The van der Waals surface area contributed by atoms with Crippen LogP contribution in [0.3, 0.4) is 0 Å². The summed E-state index contributed by atoms with van der Waals surface area (Å²) in [6.45, 7) is 3.70. The van der Waals surface area contributed by atoms with Gasteiger partial charge in [-0.3, -0.25) is 9.59 Å². The van der Waals surface area contributed by atoms with Crippen molar-refractivity contribution in [3.63, 3.8) is 0 Å². The van der Waals surface area contributed by atoms with Crippen molar-refractivity contribution >= 4 is 17.5 Å². The molecular formula is C21H26N2O4. The number of carbonyl (C=O) groups is 2. The molecule has 2 aromatic carbocycles. The third-order valence-electron chi connectivity index (χ3n) is 3.80. The van der Waals surface area contributed by atoms with Gasteiger partial charge in [-0.25, -0.2) is 0 Å². The third kappa shape index (κ3) is 6.42. The molecule has 2 rings (SSSR count). The Labute approximate surface area is 159 Å². The topological polar surface area (TPSA) is 76.7 Å². The largest absolute Gasteiger partial charge is 0.494 e. The summed E-state index contributed by atoms with van der Waals surface area (Å²) < 4.78 is 10.5. The molecule has 0 spiro atoms. The first-order valence-corrected chi connectivity index (χ1v) is 9.06. The van der Waals surface area contributed by atoms with E-state index in [1.165, 1.54) is 0 Å². The van der Waals surface area contributed by atoms with Gasteiger partial charge in [0.2, 0.25) is 0 Å². The van der Waals surface area contributed by atoms with Crippen molar-refractivity contribution in [3.05, 3.63) is 59.7 Å². The second-order valence-electron chi connectivity index (χ2n) is 5.98. The predicted molar refractivity (Wildman–Crippen MR) is 105 cm³/mol. The summed E-state index contributed by atoms with van der Waals surface area (Å²) in [4.78, 5) is 25.0. The van der Waals surface area contributed by atoms with Gasteiger partial charge in [0, 0.05) is 25.8 Å². The smallest absolute Gasteiger partial charge is 0.255 e. The average molecular weight is 370 g/mol. The molecule has 0 aliphatic heterocycles. The Kier molecular flexibility index (Phi) is 8.32. The Hall–Kier alpha value is -2.86. The van der Waals surface area contributed by atoms with Crippen LogP contribution in [0.4, 0.5) is 5.69 Å². The van der Waals surface area contributed by atoms with E-state index in [-0.39, 0.29) is 11.8 Å². The summed E-state index contributed by atoms with van der Waals surface area (Å²) in [5, 5.41) is 5.64. The fourth-order valence-corrected chi connectivity index (χ4v) is 2.45. The van der Waals surface area contributed by atoms with Crippen molar-refractivity contribution in [1.82, 2.24) is 5.32 Å². The van der Waals surface area contributed by atoms with E-state index in [9.17, 15) is 9.59 Å². The zero-order chi connectivity index (χ0) is 19.5. The second-order valence-corrected chi connectivity index (χ2v) is 5.98. The van der Waals surface area contributed by atoms with Crippen molar-refractivity contribution in [2.75, 3.05) is 32.2 Å². The zero-order valence-electron chi connectivity index (χ0n) is 15.8. The van der Waals surface area contributed by atoms with Gasteiger partial charge in [-0.2, -0.15) is 0 Å². The van der Waals surface area contributed by atoms with Crippen LogP contribution in [-0.4, -0.2) is 38.7 Å². The van der Waals surface area contributed by atoms with Gasteiger partial charge in [-0.1, -0.05) is 25.1 Å². The normalized spacial score (nSPS) is 10.3. The molecule has 0 fully saturated rings. The summed E-state index contributed by atoms with van der Waals surface area (Å²) in [5.41, 5.74) is 1.35. The van der Waals surface area contributed by atoms with Crippen LogP contribution in [0.1, 0.15) is 40.5 Å². The number of amides is 2. The van der Waals surface area contributed by atoms with Gasteiger partial charge in [0.15, 0.2) is 0 Å². The van der Waals surface area contributed by atoms with Gasteiger partial charge in [0.05, 0.1) is 17.9 Å². The van der Waals surface area contributed by atoms with E-state index in [4.69, 9.17) is 9.47 Å². The Morgan fingerprint density at radius 1 is 1.00 bits per heavy atom. The summed E-state index contributed by atoms with van der Waals surface area (Å²) in [6, 6.07) is 13.9. The molecule has 6 nitrogen and oxygen atoms in total. The molecule has 0 aliphatic rings. The third-order valence-corrected chi connectivity index (χ3v) is 3.80. The summed E-state index contributed by atoms with van der Waals surface area (Å²) in [5.74, 6) is 0.118. The number of nitrogens with one attached hydrogen (secondary N) is 2. The maximum absolute atomic E-state index is 12.6. The molecule has 144 valence electrons. The molecule has 2 amide bonds. The van der Waals surface area contributed by atoms with E-state index in [1.807, 2.05) is 13.0 Å². The lowest BCUT2D eigenvalue weighted by Crippen LogP contribution is -2.26. The van der Waals surface area contributed by atoms with Crippen LogP contribution in [0, 0.1) is 0 Å². The first kappa shape index (κ1) is 20.5. The van der Waals surface area contributed by atoms with Gasteiger partial charge >= 0.3 is 0 Å². The van der Waals surface area contributed by atoms with Gasteiger partial charge < -0.3 is 20.1 Å². The Morgan fingerprint density at radius 2 is 1.81 bits per heavy atom. The highest BCUT2D eigenvalue weighted by Crippen LogP contribution is 2.18. The van der Waals surface area contributed by atoms with Crippen LogP contribution in [-0.2, 0) is 4.74 Å². The molecule has 0 saturated carbocycles. The lowest BCUT2D eigenvalue weighted by Gasteiger charge is -2.12. The van der Waals surface area contributed by atoms with Crippen LogP contribution < -0.4 is 15.4 Å². The number of hydrogen-bond acceptors (Lipinski definition) is 4. The first-order chi connectivity index (χ1) is 13.2. The number of rotatable bonds is 10. The number of benzene rings is 2. The maximum Gasteiger partial charge on any atom is 0.255 e. The number of para-hydroxylation sites is 1. The molecule has 2 aromatic rings. The minimum Gasteiger partial charge on any atom is -0.494 e. The van der Waals surface area contributed by atoms with Crippen LogP contribution in [0.2, 0.25) is 0 Å². The minimum atomic E-state index is -0.295. The summed E-state index contributed by atoms with van der Waals surface area (Å²) >= 11 is 0. The van der Waals surface area contributed by atoms with Crippen molar-refractivity contribution in [2.24, 2.45) is 0 Å². The lowest BCUT2D eigenvalue weighted by atomic mass is 10.1. The highest BCUT2D eigenvalue weighted by Gasteiger charge is 2.14. The number of ether oxygens (including phenoxy) is 2. The monoisotopic (exact) mass is 370 g/mol. The van der Waals surface area contributed by atoms with E-state index < -0.39 is 0 Å². The number of hydrogen-bond donors (Lipinski definition) is 2. The molecule has 0 aliphatic carbocycles. The quantitative estimate of drug-likeness (QED) is 0.628. The first-order valence-electron chi connectivity index (χ1n) is 9.06. The number of anilines is 1. The lowest BCUT2D eigenvalue weighted by molar-refractivity contribution is 0.0949. The Balaban J connectivity index is 2.06. The van der Waals surface area contributed by atoms with E-state index in [1.54, 1.807) is 49.6 Å². The van der Waals surface area contributed by atoms with Crippen LogP contribution in [0.15, 0.2) is 48.5 Å². The highest BCUT2D eigenvalue weighted by atomic mass is 16.5. The second kappa shape index (κ2) is 11.0. The molecule has 0 aromatic heterocycles. The molecular weight excluding hydrogens is 344 g/mol. The van der Waals surface area contributed by atoms with Crippen LogP contribution in [0.25, 0.3) is 0 Å². The Bertz CT molecular complexity index is 761. The van der Waals surface area contributed by atoms with Crippen molar-refractivity contribution in [1.29, 1.82) is 0 Å². The fraction of sp³-hybridized carbons (Fsp3) is 0.333. The van der Waals surface area contributed by atoms with Gasteiger partial charge in [-0.15, -0.1) is 0 Å². The van der Waals surface area contributed by atoms with Gasteiger partial charge in [0.25, 0.3) is 11.8 Å². The van der Waals surface area contributed by atoms with Gasteiger partial charge in [0.1, 0.15) is 5.75 Å². The van der Waals surface area contributed by atoms with E-state index in [0.717, 1.165) is 12.8 Å². The van der Waals surface area contributed by atoms with E-state index in [2.05, 4.69) is 10.6 Å². The van der Waals surface area contributed by atoms with E-state index in [0.29, 0.717) is 42.3 Å². The van der Waals surface area contributed by atoms with Crippen molar-refractivity contribution < 1.29 is 19.1 Å². The van der Waals surface area contributed by atoms with E-state index >= 15 is 0 Å². The molecule has 0 unspecified atom stereocenters. The molecule has 6 heteroatoms. The summed E-state index contributed by atoms with van der Waals surface area (Å²) in [6.07, 6.45) is 1.62. The predicted octanol–water partition coefficient (Wildman–Crippen LogP) is 3.49. The number of methoxy groups -OCH3 is 1. The van der Waals surface area contributed by atoms with Crippen LogP contribution in [0.5, 0.6) is 5.75 Å². The van der Waals surface area contributed by atoms with Gasteiger partial charge in [-0.05, 0) is 43.2 Å². The molecule has 0 radical (unpaired) electrons. The molecule has 0 atom stereocenters. The standard InChI is InChI=1S/C21H26N2O4/c1-3-13-27-17-9-6-8-16(15-17)20(24)23-19-11-5-4-10-18(19)21(25)22-12-7-14-26-2/h4-6,8-11,15H,3,7,12-14H2,1-2H3,(H,22,25)(H,23,24). The van der Waals surface area contributed by atoms with Crippen LogP contribution >= 0.6 is 0 Å². The van der Waals surface area contributed by atoms with Crippen molar-refractivity contribution in [3.8, 4) is 5.75 Å². The molecule has 27 heavy (non-hydrogen) atoms.